The van der Waals surface area contributed by atoms with Gasteiger partial charge < -0.3 is 4.42 Å². The molecule has 5 rings (SSSR count). The van der Waals surface area contributed by atoms with Crippen molar-refractivity contribution in [3.8, 4) is 11.3 Å². The van der Waals surface area contributed by atoms with Crippen LogP contribution >= 0.6 is 0 Å². The molecule has 0 spiro atoms. The molecule has 0 aliphatic rings. The largest absolute Gasteiger partial charge is 0.455 e. The van der Waals surface area contributed by atoms with E-state index < -0.39 is 0 Å². The quantitative estimate of drug-likeness (QED) is 0.322. The van der Waals surface area contributed by atoms with E-state index in [-0.39, 0.29) is 5.41 Å². The van der Waals surface area contributed by atoms with Gasteiger partial charge in [0.05, 0.1) is 11.2 Å². The molecule has 0 saturated carbocycles. The molecule has 5 aromatic rings. The van der Waals surface area contributed by atoms with Crippen LogP contribution in [-0.2, 0) is 5.41 Å². The van der Waals surface area contributed by atoms with Crippen molar-refractivity contribution in [3.63, 3.8) is 0 Å². The van der Waals surface area contributed by atoms with E-state index in [9.17, 15) is 0 Å². The molecule has 0 atom stereocenters. The lowest BCUT2D eigenvalue weighted by atomic mass is 9.83. The molecular formula is C25H21NO. The van der Waals surface area contributed by atoms with Crippen LogP contribution in [-0.4, -0.2) is 4.98 Å². The summed E-state index contributed by atoms with van der Waals surface area (Å²) in [4.78, 5) is 5.07. The van der Waals surface area contributed by atoms with Gasteiger partial charge in [0, 0.05) is 21.7 Å². The van der Waals surface area contributed by atoms with Crippen LogP contribution < -0.4 is 0 Å². The van der Waals surface area contributed by atoms with Gasteiger partial charge in [-0.2, -0.15) is 0 Å². The first-order chi connectivity index (χ1) is 13.0. The van der Waals surface area contributed by atoms with Crippen molar-refractivity contribution in [3.05, 3.63) is 78.4 Å². The summed E-state index contributed by atoms with van der Waals surface area (Å²) in [7, 11) is 0. The summed E-state index contributed by atoms with van der Waals surface area (Å²) in [5, 5.41) is 3.45. The Bertz CT molecular complexity index is 1300. The van der Waals surface area contributed by atoms with Crippen molar-refractivity contribution in [2.75, 3.05) is 0 Å². The van der Waals surface area contributed by atoms with E-state index in [1.807, 2.05) is 18.2 Å². The first-order valence-electron chi connectivity index (χ1n) is 9.33. The third-order valence-corrected chi connectivity index (χ3v) is 5.19. The molecule has 0 N–H and O–H groups in total. The maximum absolute atomic E-state index is 6.28. The molecule has 27 heavy (non-hydrogen) atoms. The summed E-state index contributed by atoms with van der Waals surface area (Å²) in [5.41, 5.74) is 6.10. The minimum Gasteiger partial charge on any atom is -0.455 e. The van der Waals surface area contributed by atoms with Crippen LogP contribution in [0.4, 0.5) is 0 Å². The molecule has 0 amide bonds. The third-order valence-electron chi connectivity index (χ3n) is 5.19. The summed E-state index contributed by atoms with van der Waals surface area (Å²) < 4.78 is 6.28. The highest BCUT2D eigenvalue weighted by molar-refractivity contribution is 6.09. The Hall–Kier alpha value is -3.13. The Labute approximate surface area is 158 Å². The number of pyridine rings is 1. The predicted molar refractivity (Wildman–Crippen MR) is 113 cm³/mol. The zero-order valence-corrected chi connectivity index (χ0v) is 15.8. The van der Waals surface area contributed by atoms with Crippen LogP contribution in [0.15, 0.2) is 77.2 Å². The maximum atomic E-state index is 6.28. The highest BCUT2D eigenvalue weighted by atomic mass is 16.3. The van der Waals surface area contributed by atoms with Gasteiger partial charge >= 0.3 is 0 Å². The molecule has 2 heterocycles. The highest BCUT2D eigenvalue weighted by Crippen LogP contribution is 2.39. The molecule has 0 bridgehead atoms. The van der Waals surface area contributed by atoms with Crippen LogP contribution in [0.25, 0.3) is 44.1 Å². The molecule has 2 aromatic heterocycles. The Morgan fingerprint density at radius 2 is 1.52 bits per heavy atom. The topological polar surface area (TPSA) is 26.0 Å². The normalized spacial score (nSPS) is 12.3. The Balaban J connectivity index is 1.90. The average molecular weight is 351 g/mol. The second kappa shape index (κ2) is 5.68. The summed E-state index contributed by atoms with van der Waals surface area (Å²) in [6, 6.07) is 25.1. The zero-order valence-electron chi connectivity index (χ0n) is 15.8. The molecule has 0 aliphatic heterocycles. The Morgan fingerprint density at radius 3 is 2.37 bits per heavy atom. The van der Waals surface area contributed by atoms with E-state index >= 15 is 0 Å². The highest BCUT2D eigenvalue weighted by Gasteiger charge is 2.23. The molecule has 0 unspecified atom stereocenters. The van der Waals surface area contributed by atoms with Crippen LogP contribution in [0.5, 0.6) is 0 Å². The van der Waals surface area contributed by atoms with E-state index in [1.165, 1.54) is 10.9 Å². The average Bonchev–Trinajstić information content (AvgIpc) is 3.05. The van der Waals surface area contributed by atoms with E-state index in [2.05, 4.69) is 75.4 Å². The Kier molecular flexibility index (Phi) is 3.38. The van der Waals surface area contributed by atoms with Gasteiger partial charge in [-0.3, -0.25) is 0 Å². The number of furan rings is 1. The molecule has 0 fully saturated rings. The number of hydrogen-bond acceptors (Lipinski definition) is 2. The van der Waals surface area contributed by atoms with Gasteiger partial charge in [0.2, 0.25) is 0 Å². The second-order valence-electron chi connectivity index (χ2n) is 8.11. The van der Waals surface area contributed by atoms with E-state index in [4.69, 9.17) is 9.40 Å². The predicted octanol–water partition coefficient (Wildman–Crippen LogP) is 7.10. The number of para-hydroxylation sites is 3. The molecule has 0 radical (unpaired) electrons. The standard InChI is InChI=1S/C25H21NO/c1-25(2,3)20-15-16-9-4-6-13-21(16)26-23(20)19-12-8-11-18-17-10-5-7-14-22(17)27-24(18)19/h4-15H,1-3H3. The Morgan fingerprint density at radius 1 is 0.778 bits per heavy atom. The van der Waals surface area contributed by atoms with Gasteiger partial charge in [-0.05, 0) is 35.2 Å². The van der Waals surface area contributed by atoms with Gasteiger partial charge in [0.25, 0.3) is 0 Å². The van der Waals surface area contributed by atoms with Gasteiger partial charge in [-0.15, -0.1) is 0 Å². The lowest BCUT2D eigenvalue weighted by molar-refractivity contribution is 0.590. The van der Waals surface area contributed by atoms with E-state index in [0.717, 1.165) is 38.7 Å². The first-order valence-corrected chi connectivity index (χ1v) is 9.33. The molecular weight excluding hydrogens is 330 g/mol. The maximum Gasteiger partial charge on any atom is 0.144 e. The van der Waals surface area contributed by atoms with Crippen molar-refractivity contribution < 1.29 is 4.42 Å². The summed E-state index contributed by atoms with van der Waals surface area (Å²) >= 11 is 0. The van der Waals surface area contributed by atoms with Crippen LogP contribution in [0, 0.1) is 0 Å². The number of nitrogens with zero attached hydrogens (tertiary/aromatic N) is 1. The number of aromatic nitrogens is 1. The molecule has 132 valence electrons. The second-order valence-corrected chi connectivity index (χ2v) is 8.11. The lowest BCUT2D eigenvalue weighted by Gasteiger charge is -2.23. The number of fused-ring (bicyclic) bond motifs is 4. The van der Waals surface area contributed by atoms with Crippen LogP contribution in [0.2, 0.25) is 0 Å². The summed E-state index contributed by atoms with van der Waals surface area (Å²) in [6.07, 6.45) is 0. The monoisotopic (exact) mass is 351 g/mol. The first kappa shape index (κ1) is 16.1. The van der Waals surface area contributed by atoms with Gasteiger partial charge in [0.15, 0.2) is 0 Å². The molecule has 2 heteroatoms. The fraction of sp³-hybridized carbons (Fsp3) is 0.160. The van der Waals surface area contributed by atoms with E-state index in [0.29, 0.717) is 0 Å². The lowest BCUT2D eigenvalue weighted by Crippen LogP contribution is -2.14. The van der Waals surface area contributed by atoms with Crippen LogP contribution in [0.1, 0.15) is 26.3 Å². The minimum atomic E-state index is -0.0272. The van der Waals surface area contributed by atoms with Crippen molar-refractivity contribution in [2.24, 2.45) is 0 Å². The zero-order chi connectivity index (χ0) is 18.6. The molecule has 3 aromatic carbocycles. The molecule has 0 aliphatic carbocycles. The summed E-state index contributed by atoms with van der Waals surface area (Å²) in [5.74, 6) is 0. The molecule has 2 nitrogen and oxygen atoms in total. The number of benzene rings is 3. The van der Waals surface area contributed by atoms with Crippen molar-refractivity contribution in [1.29, 1.82) is 0 Å². The summed E-state index contributed by atoms with van der Waals surface area (Å²) in [6.45, 7) is 6.71. The van der Waals surface area contributed by atoms with Crippen LogP contribution in [0.3, 0.4) is 0 Å². The fourth-order valence-electron chi connectivity index (χ4n) is 3.83. The minimum absolute atomic E-state index is 0.0272. The smallest absolute Gasteiger partial charge is 0.144 e. The van der Waals surface area contributed by atoms with Crippen molar-refractivity contribution in [2.45, 2.75) is 26.2 Å². The fourth-order valence-corrected chi connectivity index (χ4v) is 3.83. The SMILES string of the molecule is CC(C)(C)c1cc2ccccc2nc1-c1cccc2c1oc1ccccc12. The van der Waals surface area contributed by atoms with E-state index in [1.54, 1.807) is 0 Å². The van der Waals surface area contributed by atoms with Crippen molar-refractivity contribution >= 4 is 32.8 Å². The van der Waals surface area contributed by atoms with Gasteiger partial charge in [-0.25, -0.2) is 4.98 Å². The number of hydrogen-bond donors (Lipinski definition) is 0. The van der Waals surface area contributed by atoms with Gasteiger partial charge in [0.1, 0.15) is 11.2 Å². The van der Waals surface area contributed by atoms with Crippen molar-refractivity contribution in [1.82, 2.24) is 4.98 Å². The number of rotatable bonds is 1. The third kappa shape index (κ3) is 2.52. The van der Waals surface area contributed by atoms with Gasteiger partial charge in [-0.1, -0.05) is 69.3 Å². The molecule has 0 saturated heterocycles.